The van der Waals surface area contributed by atoms with Gasteiger partial charge in [0, 0.05) is 40.0 Å². The van der Waals surface area contributed by atoms with Gasteiger partial charge in [0.2, 0.25) is 0 Å². The summed E-state index contributed by atoms with van der Waals surface area (Å²) in [4.78, 5) is 2.31. The number of rotatable bonds is 10. The van der Waals surface area contributed by atoms with Gasteiger partial charge in [-0.1, -0.05) is 6.92 Å². The lowest BCUT2D eigenvalue weighted by molar-refractivity contribution is 0.139. The van der Waals surface area contributed by atoms with E-state index in [9.17, 15) is 0 Å². The minimum absolute atomic E-state index is 0.424. The van der Waals surface area contributed by atoms with Crippen LogP contribution >= 0.6 is 0 Å². The highest BCUT2D eigenvalue weighted by Gasteiger charge is 2.09. The first-order valence-electron chi connectivity index (χ1n) is 5.64. The van der Waals surface area contributed by atoms with E-state index in [1.165, 1.54) is 0 Å². The van der Waals surface area contributed by atoms with Gasteiger partial charge in [-0.2, -0.15) is 0 Å². The van der Waals surface area contributed by atoms with Crippen molar-refractivity contribution in [3.63, 3.8) is 0 Å². The van der Waals surface area contributed by atoms with E-state index >= 15 is 0 Å². The van der Waals surface area contributed by atoms with Gasteiger partial charge in [-0.15, -0.1) is 0 Å². The molecule has 0 rings (SSSR count). The SMILES string of the molecule is CCNC(COC)CN(C)CCCOC. The Bertz CT molecular complexity index is 128. The Labute approximate surface area is 93.9 Å². The summed E-state index contributed by atoms with van der Waals surface area (Å²) in [6.45, 7) is 6.79. The number of ether oxygens (including phenoxy) is 2. The van der Waals surface area contributed by atoms with Gasteiger partial charge in [-0.3, -0.25) is 0 Å². The lowest BCUT2D eigenvalue weighted by atomic mass is 10.2. The number of methoxy groups -OCH3 is 2. The first-order valence-corrected chi connectivity index (χ1v) is 5.64. The van der Waals surface area contributed by atoms with Crippen LogP contribution in [-0.2, 0) is 9.47 Å². The average molecular weight is 218 g/mol. The molecule has 4 nitrogen and oxygen atoms in total. The highest BCUT2D eigenvalue weighted by atomic mass is 16.5. The van der Waals surface area contributed by atoms with Crippen LogP contribution in [0, 0.1) is 0 Å². The third-order valence-electron chi connectivity index (χ3n) is 2.28. The smallest absolute Gasteiger partial charge is 0.0628 e. The summed E-state index contributed by atoms with van der Waals surface area (Å²) < 4.78 is 10.2. The predicted octanol–water partition coefficient (Wildman–Crippen LogP) is 0.579. The van der Waals surface area contributed by atoms with Gasteiger partial charge in [0.25, 0.3) is 0 Å². The third-order valence-corrected chi connectivity index (χ3v) is 2.28. The molecule has 0 spiro atoms. The molecule has 0 aliphatic carbocycles. The molecule has 92 valence electrons. The summed E-state index contributed by atoms with van der Waals surface area (Å²) in [6.07, 6.45) is 1.08. The van der Waals surface area contributed by atoms with E-state index in [1.54, 1.807) is 14.2 Å². The maximum absolute atomic E-state index is 5.17. The van der Waals surface area contributed by atoms with E-state index in [1.807, 2.05) is 0 Å². The van der Waals surface area contributed by atoms with Crippen molar-refractivity contribution in [1.82, 2.24) is 10.2 Å². The molecule has 0 aliphatic rings. The van der Waals surface area contributed by atoms with Crippen molar-refractivity contribution in [3.8, 4) is 0 Å². The van der Waals surface area contributed by atoms with Crippen LogP contribution in [0.4, 0.5) is 0 Å². The molecule has 0 aliphatic heterocycles. The molecule has 0 heterocycles. The van der Waals surface area contributed by atoms with Crippen molar-refractivity contribution in [3.05, 3.63) is 0 Å². The van der Waals surface area contributed by atoms with Crippen molar-refractivity contribution in [2.24, 2.45) is 0 Å². The van der Waals surface area contributed by atoms with Gasteiger partial charge in [-0.25, -0.2) is 0 Å². The maximum atomic E-state index is 5.17. The number of nitrogens with one attached hydrogen (secondary N) is 1. The fourth-order valence-electron chi connectivity index (χ4n) is 1.61. The Balaban J connectivity index is 3.62. The summed E-state index contributed by atoms with van der Waals surface area (Å²) in [6, 6.07) is 0.424. The molecule has 1 unspecified atom stereocenters. The second-order valence-electron chi connectivity index (χ2n) is 3.82. The quantitative estimate of drug-likeness (QED) is 0.544. The highest BCUT2D eigenvalue weighted by molar-refractivity contribution is 4.69. The molecule has 0 saturated carbocycles. The van der Waals surface area contributed by atoms with Gasteiger partial charge in [-0.05, 0) is 20.0 Å². The molecular weight excluding hydrogens is 192 g/mol. The molecule has 0 fully saturated rings. The Morgan fingerprint density at radius 3 is 2.53 bits per heavy atom. The highest BCUT2D eigenvalue weighted by Crippen LogP contribution is 1.93. The van der Waals surface area contributed by atoms with Crippen LogP contribution in [0.3, 0.4) is 0 Å². The van der Waals surface area contributed by atoms with Crippen LogP contribution in [0.25, 0.3) is 0 Å². The average Bonchev–Trinajstić information content (AvgIpc) is 2.19. The second-order valence-corrected chi connectivity index (χ2v) is 3.82. The zero-order chi connectivity index (χ0) is 11.5. The van der Waals surface area contributed by atoms with Crippen LogP contribution in [0.15, 0.2) is 0 Å². The second kappa shape index (κ2) is 10.4. The number of nitrogens with zero attached hydrogens (tertiary/aromatic N) is 1. The van der Waals surface area contributed by atoms with Gasteiger partial charge in [0.05, 0.1) is 6.61 Å². The van der Waals surface area contributed by atoms with Crippen LogP contribution in [0.5, 0.6) is 0 Å². The van der Waals surface area contributed by atoms with Crippen molar-refractivity contribution in [2.75, 3.05) is 54.1 Å². The van der Waals surface area contributed by atoms with Gasteiger partial charge in [0.1, 0.15) is 0 Å². The number of hydrogen-bond acceptors (Lipinski definition) is 4. The number of hydrogen-bond donors (Lipinski definition) is 1. The van der Waals surface area contributed by atoms with Crippen LogP contribution in [0.2, 0.25) is 0 Å². The summed E-state index contributed by atoms with van der Waals surface area (Å²) >= 11 is 0. The van der Waals surface area contributed by atoms with Crippen molar-refractivity contribution >= 4 is 0 Å². The van der Waals surface area contributed by atoms with E-state index in [2.05, 4.69) is 24.2 Å². The van der Waals surface area contributed by atoms with Gasteiger partial charge >= 0.3 is 0 Å². The summed E-state index contributed by atoms with van der Waals surface area (Å²) in [5, 5.41) is 3.41. The molecule has 1 N–H and O–H groups in total. The Kier molecular flexibility index (Phi) is 10.3. The zero-order valence-electron chi connectivity index (χ0n) is 10.6. The van der Waals surface area contributed by atoms with Crippen LogP contribution < -0.4 is 5.32 Å². The Morgan fingerprint density at radius 2 is 2.00 bits per heavy atom. The lowest BCUT2D eigenvalue weighted by Crippen LogP contribution is -2.42. The predicted molar refractivity (Wildman–Crippen MR) is 63.3 cm³/mol. The van der Waals surface area contributed by atoms with E-state index in [0.717, 1.165) is 39.3 Å². The molecule has 0 bridgehead atoms. The topological polar surface area (TPSA) is 33.7 Å². The largest absolute Gasteiger partial charge is 0.385 e. The van der Waals surface area contributed by atoms with Crippen molar-refractivity contribution in [1.29, 1.82) is 0 Å². The molecule has 0 radical (unpaired) electrons. The van der Waals surface area contributed by atoms with Crippen molar-refractivity contribution in [2.45, 2.75) is 19.4 Å². The third kappa shape index (κ3) is 8.81. The van der Waals surface area contributed by atoms with Crippen LogP contribution in [0.1, 0.15) is 13.3 Å². The van der Waals surface area contributed by atoms with Gasteiger partial charge in [0.15, 0.2) is 0 Å². The molecule has 0 aromatic carbocycles. The maximum Gasteiger partial charge on any atom is 0.0628 e. The fraction of sp³-hybridized carbons (Fsp3) is 1.00. The standard InChI is InChI=1S/C11H26N2O2/c1-5-12-11(10-15-4)9-13(2)7-6-8-14-3/h11-12H,5-10H2,1-4H3. The molecule has 0 amide bonds. The molecule has 0 aromatic rings. The van der Waals surface area contributed by atoms with E-state index in [-0.39, 0.29) is 0 Å². The summed E-state index contributed by atoms with van der Waals surface area (Å²) in [7, 11) is 5.62. The first-order chi connectivity index (χ1) is 7.24. The number of likely N-dealkylation sites (N-methyl/N-ethyl adjacent to an activating group) is 2. The monoisotopic (exact) mass is 218 g/mol. The molecule has 0 saturated heterocycles. The van der Waals surface area contributed by atoms with Gasteiger partial charge < -0.3 is 19.7 Å². The van der Waals surface area contributed by atoms with Crippen LogP contribution in [-0.4, -0.2) is 65.1 Å². The molecule has 15 heavy (non-hydrogen) atoms. The zero-order valence-corrected chi connectivity index (χ0v) is 10.6. The molecular formula is C11H26N2O2. The first kappa shape index (κ1) is 14.8. The minimum Gasteiger partial charge on any atom is -0.385 e. The normalized spacial score (nSPS) is 13.4. The van der Waals surface area contributed by atoms with E-state index in [4.69, 9.17) is 9.47 Å². The molecule has 0 aromatic heterocycles. The van der Waals surface area contributed by atoms with E-state index in [0.29, 0.717) is 6.04 Å². The fourth-order valence-corrected chi connectivity index (χ4v) is 1.61. The minimum atomic E-state index is 0.424. The summed E-state index contributed by atoms with van der Waals surface area (Å²) in [5.41, 5.74) is 0. The summed E-state index contributed by atoms with van der Waals surface area (Å²) in [5.74, 6) is 0. The lowest BCUT2D eigenvalue weighted by Gasteiger charge is -2.24. The van der Waals surface area contributed by atoms with E-state index < -0.39 is 0 Å². The Hall–Kier alpha value is -0.160. The van der Waals surface area contributed by atoms with Crippen molar-refractivity contribution < 1.29 is 9.47 Å². The Morgan fingerprint density at radius 1 is 1.27 bits per heavy atom. The molecule has 1 atom stereocenters. The molecule has 4 heteroatoms.